The van der Waals surface area contributed by atoms with Gasteiger partial charge in [0.25, 0.3) is 5.91 Å². The third kappa shape index (κ3) is 4.33. The second-order valence-electron chi connectivity index (χ2n) is 8.14. The monoisotopic (exact) mass is 422 g/mol. The number of carbonyl (C=O) groups is 1. The first-order valence-corrected chi connectivity index (χ1v) is 10.9. The Balaban J connectivity index is 1.53. The van der Waals surface area contributed by atoms with Crippen molar-refractivity contribution in [1.82, 2.24) is 15.1 Å². The summed E-state index contributed by atoms with van der Waals surface area (Å²) in [6.07, 6.45) is 2.28. The minimum Gasteiger partial charge on any atom is -0.496 e. The lowest BCUT2D eigenvalue weighted by molar-refractivity contribution is -0.0247. The lowest BCUT2D eigenvalue weighted by Gasteiger charge is -2.52. The molecule has 2 unspecified atom stereocenters. The fourth-order valence-corrected chi connectivity index (χ4v) is 5.22. The first-order chi connectivity index (χ1) is 14.1. The van der Waals surface area contributed by atoms with Crippen LogP contribution in [0.3, 0.4) is 0 Å². The van der Waals surface area contributed by atoms with Crippen LogP contribution in [0.1, 0.15) is 23.2 Å². The molecule has 160 valence electrons. The zero-order valence-electron chi connectivity index (χ0n) is 17.2. The Morgan fingerprint density at radius 1 is 1.24 bits per heavy atom. The predicted molar refractivity (Wildman–Crippen MR) is 114 cm³/mol. The van der Waals surface area contributed by atoms with Crippen molar-refractivity contribution in [2.75, 3.05) is 65.4 Å². The molecule has 1 amide bonds. The van der Waals surface area contributed by atoms with Gasteiger partial charge in [-0.15, -0.1) is 0 Å². The molecule has 4 aliphatic heterocycles. The molecule has 1 aromatic carbocycles. The van der Waals surface area contributed by atoms with Crippen LogP contribution in [0.4, 0.5) is 5.69 Å². The van der Waals surface area contributed by atoms with Gasteiger partial charge < -0.3 is 20.1 Å². The van der Waals surface area contributed by atoms with Crippen LogP contribution in [0.25, 0.3) is 0 Å². The number of hydrogen-bond acceptors (Lipinski definition) is 6. The molecule has 0 aliphatic carbocycles. The largest absolute Gasteiger partial charge is 0.496 e. The molecular weight excluding hydrogens is 392 g/mol. The number of carbonyl (C=O) groups excluding carboxylic acids is 1. The van der Waals surface area contributed by atoms with Gasteiger partial charge in [0.05, 0.1) is 36.6 Å². The van der Waals surface area contributed by atoms with Crippen molar-refractivity contribution in [3.05, 3.63) is 22.7 Å². The quantitative estimate of drug-likeness (QED) is 0.730. The van der Waals surface area contributed by atoms with Gasteiger partial charge in [-0.2, -0.15) is 0 Å². The van der Waals surface area contributed by atoms with E-state index in [4.69, 9.17) is 21.1 Å². The van der Waals surface area contributed by atoms with E-state index >= 15 is 0 Å². The first-order valence-electron chi connectivity index (χ1n) is 10.5. The molecule has 4 fully saturated rings. The van der Waals surface area contributed by atoms with E-state index in [1.165, 1.54) is 0 Å². The predicted octanol–water partition coefficient (Wildman–Crippen LogP) is 1.92. The molecule has 2 N–H and O–H groups in total. The Labute approximate surface area is 177 Å². The van der Waals surface area contributed by atoms with Crippen molar-refractivity contribution in [3.8, 4) is 5.75 Å². The van der Waals surface area contributed by atoms with Crippen LogP contribution in [0.15, 0.2) is 12.1 Å². The highest BCUT2D eigenvalue weighted by molar-refractivity contribution is 6.33. The third-order valence-electron chi connectivity index (χ3n) is 6.62. The Morgan fingerprint density at radius 3 is 2.62 bits per heavy atom. The van der Waals surface area contributed by atoms with Crippen LogP contribution in [0.5, 0.6) is 5.75 Å². The third-order valence-corrected chi connectivity index (χ3v) is 6.93. The highest BCUT2D eigenvalue weighted by Gasteiger charge is 2.43. The number of nitrogens with zero attached hydrogens (tertiary/aromatic N) is 2. The molecule has 0 spiro atoms. The summed E-state index contributed by atoms with van der Waals surface area (Å²) in [5.74, 6) is 0.937. The number of amides is 1. The van der Waals surface area contributed by atoms with Gasteiger partial charge in [-0.1, -0.05) is 11.6 Å². The number of ether oxygens (including phenoxy) is 2. The summed E-state index contributed by atoms with van der Waals surface area (Å²) in [4.78, 5) is 18.3. The van der Waals surface area contributed by atoms with Crippen molar-refractivity contribution in [1.29, 1.82) is 0 Å². The van der Waals surface area contributed by atoms with E-state index in [-0.39, 0.29) is 11.9 Å². The standard InChI is InChI=1S/C21H31ClN4O3/c1-23-17-12-19(28-2)15(11-16(17)22)21(27)24-20-14-3-5-26(6-4-14)18(20)13-25-7-9-29-10-8-25/h11-12,14,18,20,23H,3-10,13H2,1-2H3,(H,24,27). The van der Waals surface area contributed by atoms with Crippen molar-refractivity contribution in [3.63, 3.8) is 0 Å². The van der Waals surface area contributed by atoms with Gasteiger partial charge in [-0.05, 0) is 37.9 Å². The number of methoxy groups -OCH3 is 1. The highest BCUT2D eigenvalue weighted by atomic mass is 35.5. The van der Waals surface area contributed by atoms with Crippen LogP contribution in [-0.2, 0) is 4.74 Å². The van der Waals surface area contributed by atoms with Crippen molar-refractivity contribution < 1.29 is 14.3 Å². The molecule has 29 heavy (non-hydrogen) atoms. The van der Waals surface area contributed by atoms with E-state index in [1.807, 2.05) is 0 Å². The van der Waals surface area contributed by atoms with E-state index < -0.39 is 0 Å². The molecule has 2 bridgehead atoms. The summed E-state index contributed by atoms with van der Waals surface area (Å²) in [5, 5.41) is 6.89. The Hall–Kier alpha value is -1.54. The second kappa shape index (κ2) is 9.08. The fraction of sp³-hybridized carbons (Fsp3) is 0.667. The van der Waals surface area contributed by atoms with Gasteiger partial charge >= 0.3 is 0 Å². The van der Waals surface area contributed by atoms with E-state index in [9.17, 15) is 4.79 Å². The molecule has 0 aromatic heterocycles. The topological polar surface area (TPSA) is 66.1 Å². The lowest BCUT2D eigenvalue weighted by atomic mass is 9.78. The van der Waals surface area contributed by atoms with E-state index in [0.29, 0.717) is 28.3 Å². The number of morpholine rings is 1. The smallest absolute Gasteiger partial charge is 0.255 e. The fourth-order valence-electron chi connectivity index (χ4n) is 4.96. The van der Waals surface area contributed by atoms with E-state index in [2.05, 4.69) is 20.4 Å². The molecule has 1 aromatic rings. The summed E-state index contributed by atoms with van der Waals surface area (Å²) in [6, 6.07) is 3.95. The number of piperidine rings is 3. The summed E-state index contributed by atoms with van der Waals surface area (Å²) in [6.45, 7) is 6.73. The minimum atomic E-state index is -0.114. The zero-order valence-corrected chi connectivity index (χ0v) is 18.0. The van der Waals surface area contributed by atoms with Crippen LogP contribution < -0.4 is 15.4 Å². The van der Waals surface area contributed by atoms with Crippen LogP contribution >= 0.6 is 11.6 Å². The van der Waals surface area contributed by atoms with Crippen molar-refractivity contribution in [2.24, 2.45) is 5.92 Å². The molecule has 0 saturated carbocycles. The number of benzene rings is 1. The molecular formula is C21H31ClN4O3. The van der Waals surface area contributed by atoms with Crippen LogP contribution in [0, 0.1) is 5.92 Å². The normalized spacial score (nSPS) is 29.5. The SMILES string of the molecule is CNc1cc(OC)c(C(=O)NC2C3CCN(CC3)C2CN2CCOCC2)cc1Cl. The number of halogens is 1. The summed E-state index contributed by atoms with van der Waals surface area (Å²) < 4.78 is 11.0. The Morgan fingerprint density at radius 2 is 1.97 bits per heavy atom. The number of hydrogen-bond donors (Lipinski definition) is 2. The lowest BCUT2D eigenvalue weighted by Crippen LogP contribution is -2.66. The van der Waals surface area contributed by atoms with Gasteiger partial charge in [0.15, 0.2) is 0 Å². The molecule has 4 aliphatic rings. The van der Waals surface area contributed by atoms with Gasteiger partial charge in [-0.3, -0.25) is 14.6 Å². The Bertz CT molecular complexity index is 733. The zero-order chi connectivity index (χ0) is 20.4. The summed E-state index contributed by atoms with van der Waals surface area (Å²) >= 11 is 6.34. The van der Waals surface area contributed by atoms with Crippen LogP contribution in [-0.4, -0.2) is 87.9 Å². The maximum atomic E-state index is 13.2. The molecule has 4 heterocycles. The molecule has 5 rings (SSSR count). The number of rotatable bonds is 6. The highest BCUT2D eigenvalue weighted by Crippen LogP contribution is 2.35. The molecule has 4 saturated heterocycles. The Kier molecular flexibility index (Phi) is 6.49. The first kappa shape index (κ1) is 20.7. The molecule has 7 nitrogen and oxygen atoms in total. The van der Waals surface area contributed by atoms with Gasteiger partial charge in [0.1, 0.15) is 5.75 Å². The number of anilines is 1. The maximum absolute atomic E-state index is 13.2. The molecule has 8 heteroatoms. The maximum Gasteiger partial charge on any atom is 0.255 e. The van der Waals surface area contributed by atoms with E-state index in [0.717, 1.165) is 64.5 Å². The van der Waals surface area contributed by atoms with Gasteiger partial charge in [0.2, 0.25) is 0 Å². The summed E-state index contributed by atoms with van der Waals surface area (Å²) in [7, 11) is 3.37. The average Bonchev–Trinajstić information content (AvgIpc) is 2.76. The second-order valence-corrected chi connectivity index (χ2v) is 8.54. The minimum absolute atomic E-state index is 0.114. The molecule has 2 atom stereocenters. The summed E-state index contributed by atoms with van der Waals surface area (Å²) in [5.41, 5.74) is 1.23. The van der Waals surface area contributed by atoms with Crippen molar-refractivity contribution >= 4 is 23.2 Å². The molecule has 0 radical (unpaired) electrons. The van der Waals surface area contributed by atoms with Crippen LogP contribution in [0.2, 0.25) is 5.02 Å². The average molecular weight is 423 g/mol. The number of fused-ring (bicyclic) bond motifs is 3. The van der Waals surface area contributed by atoms with Gasteiger partial charge in [-0.25, -0.2) is 0 Å². The van der Waals surface area contributed by atoms with Gasteiger partial charge in [0, 0.05) is 44.8 Å². The van der Waals surface area contributed by atoms with Crippen molar-refractivity contribution in [2.45, 2.75) is 24.9 Å². The van der Waals surface area contributed by atoms with E-state index in [1.54, 1.807) is 26.3 Å². The number of nitrogens with one attached hydrogen (secondary N) is 2.